The van der Waals surface area contributed by atoms with E-state index >= 15 is 0 Å². The topological polar surface area (TPSA) is 118 Å². The number of nitrogens with one attached hydrogen (secondary N) is 1. The smallest absolute Gasteiger partial charge is 0.171 e. The number of halogens is 1. The molecule has 0 spiro atoms. The molecule has 0 bridgehead atoms. The van der Waals surface area contributed by atoms with Gasteiger partial charge < -0.3 is 11.1 Å². The number of pyridine rings is 1. The summed E-state index contributed by atoms with van der Waals surface area (Å²) in [4.78, 5) is 15.1. The zero-order chi connectivity index (χ0) is 18.0. The van der Waals surface area contributed by atoms with E-state index in [0.717, 1.165) is 11.1 Å². The molecule has 3 rings (SSSR count). The average molecular weight is 353 g/mol. The summed E-state index contributed by atoms with van der Waals surface area (Å²) in [5, 5.41) is 21.5. The zero-order valence-electron chi connectivity index (χ0n) is 13.2. The van der Waals surface area contributed by atoms with Crippen LogP contribution in [-0.2, 0) is 0 Å². The third-order valence-electron chi connectivity index (χ3n) is 3.89. The molecule has 7 nitrogen and oxygen atoms in total. The van der Waals surface area contributed by atoms with Gasteiger partial charge in [0.2, 0.25) is 0 Å². The molecule has 1 aromatic carbocycles. The predicted octanol–water partition coefficient (Wildman–Crippen LogP) is 2.74. The minimum absolute atomic E-state index is 0.168. The quantitative estimate of drug-likeness (QED) is 0.421. The second-order valence-corrected chi connectivity index (χ2v) is 5.75. The number of aldehydes is 1. The minimum atomic E-state index is -0.625. The van der Waals surface area contributed by atoms with Crippen LogP contribution in [0.5, 0.6) is 0 Å². The van der Waals surface area contributed by atoms with Gasteiger partial charge in [-0.3, -0.25) is 4.79 Å². The maximum Gasteiger partial charge on any atom is 0.171 e. The molecule has 0 amide bonds. The summed E-state index contributed by atoms with van der Waals surface area (Å²) in [5.74, 6) is 0.374. The molecule has 0 fully saturated rings. The van der Waals surface area contributed by atoms with Crippen LogP contribution in [0.25, 0.3) is 10.8 Å². The lowest BCUT2D eigenvalue weighted by molar-refractivity contribution is 0.112. The normalized spacial score (nSPS) is 11.8. The SMILES string of the molecule is Cc1c(C#N)cccc1[C@@H](N)Nc1nnc(C=O)c2cnc(Cl)cc12. The molecule has 0 aliphatic carbocycles. The molecule has 2 aromatic heterocycles. The Labute approximate surface area is 148 Å². The van der Waals surface area contributed by atoms with Crippen LogP contribution >= 0.6 is 11.6 Å². The molecular weight excluding hydrogens is 340 g/mol. The molecule has 1 atom stereocenters. The summed E-state index contributed by atoms with van der Waals surface area (Å²) in [7, 11) is 0. The minimum Gasteiger partial charge on any atom is -0.349 e. The number of benzene rings is 1. The number of hydrogen-bond donors (Lipinski definition) is 2. The van der Waals surface area contributed by atoms with Crippen molar-refractivity contribution in [3.8, 4) is 6.07 Å². The Morgan fingerprint density at radius 1 is 1.36 bits per heavy atom. The van der Waals surface area contributed by atoms with Gasteiger partial charge in [-0.25, -0.2) is 4.98 Å². The first-order chi connectivity index (χ1) is 12.0. The summed E-state index contributed by atoms with van der Waals surface area (Å²) in [6.07, 6.45) is 1.45. The van der Waals surface area contributed by atoms with Gasteiger partial charge in [-0.05, 0) is 30.2 Å². The number of anilines is 1. The number of carbonyl (C=O) groups excluding carboxylic acids is 1. The summed E-state index contributed by atoms with van der Waals surface area (Å²) in [6, 6.07) is 9.04. The molecule has 0 saturated carbocycles. The number of hydrogen-bond acceptors (Lipinski definition) is 7. The highest BCUT2D eigenvalue weighted by molar-refractivity contribution is 6.30. The fourth-order valence-electron chi connectivity index (χ4n) is 2.57. The molecular formula is C17H13ClN6O. The number of nitrogens with zero attached hydrogens (tertiary/aromatic N) is 4. The standard InChI is InChI=1S/C17H13ClN6O/c1-9-10(6-19)3-2-4-11(9)16(20)22-17-12-5-15(18)21-7-13(12)14(8-25)23-24-17/h2-5,7-8,16H,20H2,1H3,(H,22,24)/t16-/m0/s1. The molecule has 25 heavy (non-hydrogen) atoms. The van der Waals surface area contributed by atoms with Gasteiger partial charge >= 0.3 is 0 Å². The summed E-state index contributed by atoms with van der Waals surface area (Å²) >= 11 is 5.96. The fourth-order valence-corrected chi connectivity index (χ4v) is 2.73. The van der Waals surface area contributed by atoms with Gasteiger partial charge in [-0.1, -0.05) is 23.7 Å². The van der Waals surface area contributed by atoms with Gasteiger partial charge in [0.25, 0.3) is 0 Å². The number of nitriles is 1. The Bertz CT molecular complexity index is 1010. The molecule has 0 saturated heterocycles. The Hall–Kier alpha value is -3.08. The van der Waals surface area contributed by atoms with Gasteiger partial charge in [0.1, 0.15) is 17.0 Å². The van der Waals surface area contributed by atoms with Crippen molar-refractivity contribution in [1.29, 1.82) is 5.26 Å². The van der Waals surface area contributed by atoms with Crippen LogP contribution < -0.4 is 11.1 Å². The van der Waals surface area contributed by atoms with Crippen molar-refractivity contribution < 1.29 is 4.79 Å². The van der Waals surface area contributed by atoms with Crippen LogP contribution in [0.15, 0.2) is 30.5 Å². The molecule has 8 heteroatoms. The first-order valence-electron chi connectivity index (χ1n) is 7.34. The second-order valence-electron chi connectivity index (χ2n) is 5.36. The van der Waals surface area contributed by atoms with E-state index in [2.05, 4.69) is 26.6 Å². The van der Waals surface area contributed by atoms with Crippen LogP contribution in [0.3, 0.4) is 0 Å². The third kappa shape index (κ3) is 3.13. The summed E-state index contributed by atoms with van der Waals surface area (Å²) in [6.45, 7) is 1.83. The maximum absolute atomic E-state index is 11.1. The van der Waals surface area contributed by atoms with Crippen LogP contribution in [0.1, 0.15) is 33.3 Å². The van der Waals surface area contributed by atoms with Crippen molar-refractivity contribution in [2.24, 2.45) is 5.73 Å². The van der Waals surface area contributed by atoms with E-state index in [0.29, 0.717) is 28.4 Å². The van der Waals surface area contributed by atoms with Gasteiger partial charge in [0, 0.05) is 17.0 Å². The largest absolute Gasteiger partial charge is 0.349 e. The van der Waals surface area contributed by atoms with Crippen molar-refractivity contribution in [1.82, 2.24) is 15.2 Å². The average Bonchev–Trinajstić information content (AvgIpc) is 2.62. The van der Waals surface area contributed by atoms with E-state index in [1.165, 1.54) is 6.20 Å². The highest BCUT2D eigenvalue weighted by atomic mass is 35.5. The lowest BCUT2D eigenvalue weighted by atomic mass is 10.0. The van der Waals surface area contributed by atoms with Crippen molar-refractivity contribution >= 4 is 34.5 Å². The fraction of sp³-hybridized carbons (Fsp3) is 0.118. The Morgan fingerprint density at radius 3 is 2.88 bits per heavy atom. The van der Waals surface area contributed by atoms with Crippen molar-refractivity contribution in [2.45, 2.75) is 13.1 Å². The van der Waals surface area contributed by atoms with Gasteiger partial charge in [-0.15, -0.1) is 10.2 Å². The predicted molar refractivity (Wildman–Crippen MR) is 94.2 cm³/mol. The molecule has 0 aliphatic heterocycles. The highest BCUT2D eigenvalue weighted by Gasteiger charge is 2.15. The maximum atomic E-state index is 11.1. The van der Waals surface area contributed by atoms with E-state index in [-0.39, 0.29) is 10.8 Å². The first-order valence-corrected chi connectivity index (χ1v) is 7.71. The molecule has 3 aromatic rings. The van der Waals surface area contributed by atoms with Crippen molar-refractivity contribution in [3.05, 3.63) is 58.0 Å². The van der Waals surface area contributed by atoms with E-state index < -0.39 is 6.17 Å². The molecule has 2 heterocycles. The van der Waals surface area contributed by atoms with Crippen LogP contribution in [-0.4, -0.2) is 21.5 Å². The lowest BCUT2D eigenvalue weighted by Crippen LogP contribution is -2.22. The second kappa shape index (κ2) is 6.81. The molecule has 0 aliphatic rings. The summed E-state index contributed by atoms with van der Waals surface area (Å²) < 4.78 is 0. The van der Waals surface area contributed by atoms with E-state index in [4.69, 9.17) is 22.6 Å². The van der Waals surface area contributed by atoms with Crippen molar-refractivity contribution in [3.63, 3.8) is 0 Å². The Morgan fingerprint density at radius 2 is 2.16 bits per heavy atom. The molecule has 0 unspecified atom stereocenters. The number of rotatable bonds is 4. The van der Waals surface area contributed by atoms with Crippen LogP contribution in [0, 0.1) is 18.3 Å². The van der Waals surface area contributed by atoms with E-state index in [1.54, 1.807) is 18.2 Å². The zero-order valence-corrected chi connectivity index (χ0v) is 13.9. The van der Waals surface area contributed by atoms with E-state index in [9.17, 15) is 4.79 Å². The van der Waals surface area contributed by atoms with Crippen LogP contribution in [0.2, 0.25) is 5.15 Å². The summed E-state index contributed by atoms with van der Waals surface area (Å²) in [5.41, 5.74) is 8.50. The highest BCUT2D eigenvalue weighted by Crippen LogP contribution is 2.27. The van der Waals surface area contributed by atoms with Crippen molar-refractivity contribution in [2.75, 3.05) is 5.32 Å². The Balaban J connectivity index is 2.05. The number of nitrogens with two attached hydrogens (primary N) is 1. The first kappa shape index (κ1) is 16.8. The molecule has 3 N–H and O–H groups in total. The Kier molecular flexibility index (Phi) is 4.57. The van der Waals surface area contributed by atoms with Gasteiger partial charge in [-0.2, -0.15) is 5.26 Å². The molecule has 124 valence electrons. The van der Waals surface area contributed by atoms with Gasteiger partial charge in [0.05, 0.1) is 11.6 Å². The third-order valence-corrected chi connectivity index (χ3v) is 4.10. The van der Waals surface area contributed by atoms with Crippen LogP contribution in [0.4, 0.5) is 5.82 Å². The number of aromatic nitrogens is 3. The number of carbonyl (C=O) groups is 1. The molecule has 0 radical (unpaired) electrons. The number of fused-ring (bicyclic) bond motifs is 1. The monoisotopic (exact) mass is 352 g/mol. The lowest BCUT2D eigenvalue weighted by Gasteiger charge is -2.18. The van der Waals surface area contributed by atoms with E-state index in [1.807, 2.05) is 13.0 Å². The van der Waals surface area contributed by atoms with Gasteiger partial charge in [0.15, 0.2) is 12.1 Å².